The molecule has 18 heavy (non-hydrogen) atoms. The Hall–Kier alpha value is -1.59. The molecule has 1 aromatic rings. The number of benzene rings is 1. The first-order chi connectivity index (χ1) is 8.67. The van der Waals surface area contributed by atoms with Crippen molar-refractivity contribution >= 4 is 11.6 Å². The first-order valence-corrected chi connectivity index (χ1v) is 6.02. The molecule has 0 heterocycles. The number of carbonyl (C=O) groups excluding carboxylic acids is 1. The van der Waals surface area contributed by atoms with Crippen molar-refractivity contribution in [3.8, 4) is 5.75 Å². The van der Waals surface area contributed by atoms with Gasteiger partial charge in [-0.2, -0.15) is 0 Å². The topological polar surface area (TPSA) is 73.6 Å². The molecule has 1 rings (SSSR count). The summed E-state index contributed by atoms with van der Waals surface area (Å²) < 4.78 is 10.5. The van der Waals surface area contributed by atoms with E-state index in [1.807, 2.05) is 6.92 Å². The molecule has 0 aliphatic carbocycles. The Morgan fingerprint density at radius 3 is 2.61 bits per heavy atom. The van der Waals surface area contributed by atoms with Crippen molar-refractivity contribution in [2.75, 3.05) is 25.1 Å². The van der Waals surface area contributed by atoms with Crippen LogP contribution >= 0.6 is 0 Å². The second-order valence-corrected chi connectivity index (χ2v) is 3.75. The zero-order valence-corrected chi connectivity index (χ0v) is 10.8. The molecule has 0 saturated heterocycles. The number of anilines is 1. The number of nitrogens with one attached hydrogen (secondary N) is 1. The predicted octanol–water partition coefficient (Wildman–Crippen LogP) is 1.39. The van der Waals surface area contributed by atoms with Crippen LogP contribution in [-0.2, 0) is 9.53 Å². The summed E-state index contributed by atoms with van der Waals surface area (Å²) in [5.74, 6) is 0.573. The van der Waals surface area contributed by atoms with Gasteiger partial charge in [-0.25, -0.2) is 0 Å². The van der Waals surface area contributed by atoms with Crippen molar-refractivity contribution < 1.29 is 14.3 Å². The van der Waals surface area contributed by atoms with Crippen LogP contribution in [0.3, 0.4) is 0 Å². The Morgan fingerprint density at radius 1 is 1.39 bits per heavy atom. The molecule has 0 fully saturated rings. The normalized spacial score (nSPS) is 11.9. The highest BCUT2D eigenvalue weighted by atomic mass is 16.5. The molecular formula is C13H20N2O3. The van der Waals surface area contributed by atoms with Gasteiger partial charge in [0.25, 0.3) is 5.91 Å². The fourth-order valence-corrected chi connectivity index (χ4v) is 1.38. The monoisotopic (exact) mass is 252 g/mol. The van der Waals surface area contributed by atoms with E-state index in [2.05, 4.69) is 5.32 Å². The van der Waals surface area contributed by atoms with E-state index in [1.165, 1.54) is 0 Å². The number of ether oxygens (including phenoxy) is 2. The van der Waals surface area contributed by atoms with Crippen molar-refractivity contribution in [1.82, 2.24) is 0 Å². The molecule has 0 spiro atoms. The Balaban J connectivity index is 2.50. The second kappa shape index (κ2) is 7.68. The third-order valence-electron chi connectivity index (χ3n) is 2.29. The lowest BCUT2D eigenvalue weighted by atomic mass is 10.3. The molecule has 0 aliphatic heterocycles. The van der Waals surface area contributed by atoms with Crippen molar-refractivity contribution in [3.05, 3.63) is 24.3 Å². The Kier molecular flexibility index (Phi) is 6.18. The molecule has 1 aromatic carbocycles. The zero-order valence-electron chi connectivity index (χ0n) is 10.8. The van der Waals surface area contributed by atoms with Gasteiger partial charge in [0.2, 0.25) is 0 Å². The summed E-state index contributed by atoms with van der Waals surface area (Å²) in [5, 5.41) is 2.77. The standard InChI is InChI=1S/C13H20N2O3/c1-3-17-10(2)13(16)15-11-4-6-12(7-5-11)18-9-8-14/h4-7,10H,3,8-9,14H2,1-2H3,(H,15,16). The lowest BCUT2D eigenvalue weighted by Gasteiger charge is -2.12. The van der Waals surface area contributed by atoms with E-state index in [-0.39, 0.29) is 5.91 Å². The maximum Gasteiger partial charge on any atom is 0.253 e. The number of carbonyl (C=O) groups is 1. The highest BCUT2D eigenvalue weighted by molar-refractivity contribution is 5.93. The molecule has 0 aromatic heterocycles. The molecule has 1 unspecified atom stereocenters. The summed E-state index contributed by atoms with van der Waals surface area (Å²) in [6.07, 6.45) is -0.455. The van der Waals surface area contributed by atoms with Gasteiger partial charge in [-0.05, 0) is 38.1 Å². The van der Waals surface area contributed by atoms with Crippen molar-refractivity contribution in [1.29, 1.82) is 0 Å². The van der Waals surface area contributed by atoms with E-state index < -0.39 is 6.10 Å². The van der Waals surface area contributed by atoms with Gasteiger partial charge in [0.05, 0.1) is 0 Å². The van der Waals surface area contributed by atoms with Gasteiger partial charge in [-0.1, -0.05) is 0 Å². The van der Waals surface area contributed by atoms with E-state index >= 15 is 0 Å². The molecule has 1 atom stereocenters. The summed E-state index contributed by atoms with van der Waals surface area (Å²) in [5.41, 5.74) is 6.05. The van der Waals surface area contributed by atoms with E-state index in [1.54, 1.807) is 31.2 Å². The van der Waals surface area contributed by atoms with Crippen LogP contribution in [0, 0.1) is 0 Å². The second-order valence-electron chi connectivity index (χ2n) is 3.75. The van der Waals surface area contributed by atoms with Crippen LogP contribution in [0.2, 0.25) is 0 Å². The van der Waals surface area contributed by atoms with E-state index in [4.69, 9.17) is 15.2 Å². The van der Waals surface area contributed by atoms with Crippen LogP contribution in [0.5, 0.6) is 5.75 Å². The van der Waals surface area contributed by atoms with E-state index in [0.717, 1.165) is 5.75 Å². The molecule has 1 amide bonds. The fraction of sp³-hybridized carbons (Fsp3) is 0.462. The SMILES string of the molecule is CCOC(C)C(=O)Nc1ccc(OCCN)cc1. The van der Waals surface area contributed by atoms with Crippen LogP contribution in [0.1, 0.15) is 13.8 Å². The van der Waals surface area contributed by atoms with Gasteiger partial charge in [0.1, 0.15) is 18.5 Å². The molecular weight excluding hydrogens is 232 g/mol. The molecule has 0 radical (unpaired) electrons. The average molecular weight is 252 g/mol. The van der Waals surface area contributed by atoms with Gasteiger partial charge in [-0.3, -0.25) is 4.79 Å². The van der Waals surface area contributed by atoms with Crippen LogP contribution in [0.15, 0.2) is 24.3 Å². The highest BCUT2D eigenvalue weighted by Gasteiger charge is 2.12. The molecule has 0 bridgehead atoms. The highest BCUT2D eigenvalue weighted by Crippen LogP contribution is 2.15. The number of amides is 1. The first-order valence-electron chi connectivity index (χ1n) is 6.02. The van der Waals surface area contributed by atoms with Gasteiger partial charge < -0.3 is 20.5 Å². The Bertz CT molecular complexity index is 365. The minimum absolute atomic E-state index is 0.160. The summed E-state index contributed by atoms with van der Waals surface area (Å²) in [7, 11) is 0. The van der Waals surface area contributed by atoms with Gasteiger partial charge in [-0.15, -0.1) is 0 Å². The maximum atomic E-state index is 11.7. The molecule has 0 saturated carbocycles. The minimum atomic E-state index is -0.455. The molecule has 0 aliphatic rings. The predicted molar refractivity (Wildman–Crippen MR) is 70.7 cm³/mol. The van der Waals surface area contributed by atoms with E-state index in [0.29, 0.717) is 25.4 Å². The summed E-state index contributed by atoms with van der Waals surface area (Å²) in [4.78, 5) is 11.7. The Morgan fingerprint density at radius 2 is 2.06 bits per heavy atom. The van der Waals surface area contributed by atoms with Crippen LogP contribution < -0.4 is 15.8 Å². The molecule has 5 nitrogen and oxygen atoms in total. The third-order valence-corrected chi connectivity index (χ3v) is 2.29. The van der Waals surface area contributed by atoms with Gasteiger partial charge >= 0.3 is 0 Å². The number of rotatable bonds is 7. The van der Waals surface area contributed by atoms with Gasteiger partial charge in [0, 0.05) is 18.8 Å². The van der Waals surface area contributed by atoms with Crippen molar-refractivity contribution in [2.24, 2.45) is 5.73 Å². The molecule has 5 heteroatoms. The average Bonchev–Trinajstić information content (AvgIpc) is 2.38. The third kappa shape index (κ3) is 4.73. The molecule has 3 N–H and O–H groups in total. The fourth-order valence-electron chi connectivity index (χ4n) is 1.38. The van der Waals surface area contributed by atoms with E-state index in [9.17, 15) is 4.79 Å². The number of hydrogen-bond acceptors (Lipinski definition) is 4. The summed E-state index contributed by atoms with van der Waals surface area (Å²) in [6, 6.07) is 7.14. The van der Waals surface area contributed by atoms with Gasteiger partial charge in [0.15, 0.2) is 0 Å². The lowest BCUT2D eigenvalue weighted by molar-refractivity contribution is -0.126. The molecule has 100 valence electrons. The van der Waals surface area contributed by atoms with Crippen LogP contribution in [0.25, 0.3) is 0 Å². The van der Waals surface area contributed by atoms with Crippen molar-refractivity contribution in [2.45, 2.75) is 20.0 Å². The quantitative estimate of drug-likeness (QED) is 0.769. The summed E-state index contributed by atoms with van der Waals surface area (Å²) >= 11 is 0. The maximum absolute atomic E-state index is 11.7. The Labute approximate surface area is 107 Å². The lowest BCUT2D eigenvalue weighted by Crippen LogP contribution is -2.27. The summed E-state index contributed by atoms with van der Waals surface area (Å²) in [6.45, 7) is 5.04. The number of hydrogen-bond donors (Lipinski definition) is 2. The zero-order chi connectivity index (χ0) is 13.4. The number of nitrogens with two attached hydrogens (primary N) is 1. The van der Waals surface area contributed by atoms with Crippen LogP contribution in [0.4, 0.5) is 5.69 Å². The minimum Gasteiger partial charge on any atom is -0.492 e. The smallest absolute Gasteiger partial charge is 0.253 e. The largest absolute Gasteiger partial charge is 0.492 e. The van der Waals surface area contributed by atoms with Crippen LogP contribution in [-0.4, -0.2) is 31.8 Å². The van der Waals surface area contributed by atoms with Crippen molar-refractivity contribution in [3.63, 3.8) is 0 Å². The first kappa shape index (κ1) is 14.5.